The van der Waals surface area contributed by atoms with E-state index < -0.39 is 6.10 Å². The predicted molar refractivity (Wildman–Crippen MR) is 46.8 cm³/mol. The van der Waals surface area contributed by atoms with Crippen LogP contribution >= 0.6 is 0 Å². The number of nitrogens with one attached hydrogen (secondary N) is 1. The lowest BCUT2D eigenvalue weighted by atomic mass is 10.3. The maximum atomic E-state index is 9.35. The van der Waals surface area contributed by atoms with Crippen LogP contribution in [0.15, 0.2) is 25.2 Å². The molecule has 0 spiro atoms. The fraction of sp³-hybridized carbons (Fsp3) is 0.125. The lowest BCUT2D eigenvalue weighted by Gasteiger charge is -2.01. The summed E-state index contributed by atoms with van der Waals surface area (Å²) in [5.74, 6) is 0.326. The van der Waals surface area contributed by atoms with E-state index in [0.29, 0.717) is 17.0 Å². The molecule has 2 rings (SSSR count). The first kappa shape index (κ1) is 7.88. The molecular formula is C8H8N4O. The molecule has 0 bridgehead atoms. The van der Waals surface area contributed by atoms with Crippen LogP contribution in [0.5, 0.6) is 0 Å². The van der Waals surface area contributed by atoms with Crippen molar-refractivity contribution in [3.8, 4) is 0 Å². The molecule has 5 heteroatoms. The van der Waals surface area contributed by atoms with Crippen LogP contribution in [0.4, 0.5) is 0 Å². The van der Waals surface area contributed by atoms with Crippen LogP contribution in [0.2, 0.25) is 0 Å². The van der Waals surface area contributed by atoms with Crippen molar-refractivity contribution in [3.63, 3.8) is 0 Å². The maximum absolute atomic E-state index is 9.35. The molecule has 0 aliphatic carbocycles. The Hall–Kier alpha value is -1.75. The Morgan fingerprint density at radius 2 is 2.38 bits per heavy atom. The van der Waals surface area contributed by atoms with Gasteiger partial charge in [0, 0.05) is 0 Å². The number of aliphatic hydroxyl groups excluding tert-OH is 1. The van der Waals surface area contributed by atoms with Crippen molar-refractivity contribution in [3.05, 3.63) is 31.0 Å². The summed E-state index contributed by atoms with van der Waals surface area (Å²) < 4.78 is 0. The minimum atomic E-state index is -0.826. The fourth-order valence-electron chi connectivity index (χ4n) is 1.00. The highest BCUT2D eigenvalue weighted by Crippen LogP contribution is 2.10. The smallest absolute Gasteiger partial charge is 0.163 e. The van der Waals surface area contributed by atoms with Gasteiger partial charge in [-0.3, -0.25) is 0 Å². The number of aromatic amines is 1. The zero-order valence-electron chi connectivity index (χ0n) is 6.81. The molecule has 0 aromatic carbocycles. The normalized spacial score (nSPS) is 13.0. The molecule has 0 radical (unpaired) electrons. The first-order valence-corrected chi connectivity index (χ1v) is 3.78. The molecule has 1 atom stereocenters. The summed E-state index contributed by atoms with van der Waals surface area (Å²) in [6.45, 7) is 3.45. The lowest BCUT2D eigenvalue weighted by Crippen LogP contribution is -2.00. The molecule has 2 heterocycles. The Bertz CT molecular complexity index is 436. The zero-order valence-corrected chi connectivity index (χ0v) is 6.81. The third kappa shape index (κ3) is 1.29. The van der Waals surface area contributed by atoms with Gasteiger partial charge in [-0.05, 0) is 0 Å². The largest absolute Gasteiger partial charge is 0.381 e. The molecule has 0 saturated heterocycles. The van der Waals surface area contributed by atoms with Crippen molar-refractivity contribution in [2.75, 3.05) is 0 Å². The van der Waals surface area contributed by atoms with Gasteiger partial charge in [0.25, 0.3) is 0 Å². The second-order valence-corrected chi connectivity index (χ2v) is 2.55. The molecule has 5 nitrogen and oxygen atoms in total. The van der Waals surface area contributed by atoms with Crippen molar-refractivity contribution >= 4 is 11.2 Å². The molecule has 2 aromatic rings. The summed E-state index contributed by atoms with van der Waals surface area (Å²) in [5, 5.41) is 9.35. The molecule has 2 N–H and O–H groups in total. The van der Waals surface area contributed by atoms with Gasteiger partial charge in [0.1, 0.15) is 11.6 Å². The molecule has 1 unspecified atom stereocenters. The second kappa shape index (κ2) is 2.95. The third-order valence-electron chi connectivity index (χ3n) is 1.68. The van der Waals surface area contributed by atoms with Crippen LogP contribution < -0.4 is 0 Å². The molecule has 2 aromatic heterocycles. The Balaban J connectivity index is 2.53. The SMILES string of the molecule is C=CC(O)c1ncc2nc[nH]c2n1. The lowest BCUT2D eigenvalue weighted by molar-refractivity contribution is 0.219. The van der Waals surface area contributed by atoms with Gasteiger partial charge >= 0.3 is 0 Å². The van der Waals surface area contributed by atoms with E-state index in [1.165, 1.54) is 12.4 Å². The van der Waals surface area contributed by atoms with E-state index in [1.54, 1.807) is 6.20 Å². The monoisotopic (exact) mass is 176 g/mol. The number of fused-ring (bicyclic) bond motifs is 1. The number of nitrogens with zero attached hydrogens (tertiary/aromatic N) is 3. The fourth-order valence-corrected chi connectivity index (χ4v) is 1.00. The average molecular weight is 176 g/mol. The first-order chi connectivity index (χ1) is 6.31. The van der Waals surface area contributed by atoms with Crippen molar-refractivity contribution in [2.24, 2.45) is 0 Å². The maximum Gasteiger partial charge on any atom is 0.163 e. The molecule has 0 aliphatic rings. The van der Waals surface area contributed by atoms with Gasteiger partial charge < -0.3 is 10.1 Å². The van der Waals surface area contributed by atoms with E-state index in [9.17, 15) is 5.11 Å². The standard InChI is InChI=1S/C8H8N4O/c1-2-6(13)8-9-3-5-7(12-8)11-4-10-5/h2-4,6,13H,1H2,(H,9,10,11,12). The van der Waals surface area contributed by atoms with Crippen molar-refractivity contribution in [1.29, 1.82) is 0 Å². The van der Waals surface area contributed by atoms with Gasteiger partial charge in [0.05, 0.1) is 12.5 Å². The number of hydrogen-bond donors (Lipinski definition) is 2. The van der Waals surface area contributed by atoms with Crippen LogP contribution in [0, 0.1) is 0 Å². The van der Waals surface area contributed by atoms with E-state index in [2.05, 4.69) is 26.5 Å². The Kier molecular flexibility index (Phi) is 1.79. The van der Waals surface area contributed by atoms with E-state index in [-0.39, 0.29) is 0 Å². The van der Waals surface area contributed by atoms with Crippen LogP contribution in [0.1, 0.15) is 11.9 Å². The number of aromatic nitrogens is 4. The summed E-state index contributed by atoms with van der Waals surface area (Å²) in [7, 11) is 0. The van der Waals surface area contributed by atoms with Crippen molar-refractivity contribution in [2.45, 2.75) is 6.10 Å². The molecule has 66 valence electrons. The highest BCUT2D eigenvalue weighted by molar-refractivity contribution is 5.68. The van der Waals surface area contributed by atoms with Crippen molar-refractivity contribution in [1.82, 2.24) is 19.9 Å². The van der Waals surface area contributed by atoms with Crippen LogP contribution in [0.3, 0.4) is 0 Å². The zero-order chi connectivity index (χ0) is 9.26. The number of aliphatic hydroxyl groups is 1. The van der Waals surface area contributed by atoms with Gasteiger partial charge in [-0.15, -0.1) is 6.58 Å². The molecule has 13 heavy (non-hydrogen) atoms. The summed E-state index contributed by atoms with van der Waals surface area (Å²) >= 11 is 0. The molecule has 0 amide bonds. The highest BCUT2D eigenvalue weighted by Gasteiger charge is 2.07. The topological polar surface area (TPSA) is 74.7 Å². The highest BCUT2D eigenvalue weighted by atomic mass is 16.3. The minimum Gasteiger partial charge on any atom is -0.381 e. The van der Waals surface area contributed by atoms with Gasteiger partial charge in [0.15, 0.2) is 11.5 Å². The summed E-state index contributed by atoms with van der Waals surface area (Å²) in [6, 6.07) is 0. The first-order valence-electron chi connectivity index (χ1n) is 3.78. The van der Waals surface area contributed by atoms with Gasteiger partial charge in [0.2, 0.25) is 0 Å². The Labute approximate surface area is 74.2 Å². The average Bonchev–Trinajstić information content (AvgIpc) is 2.63. The van der Waals surface area contributed by atoms with E-state index in [4.69, 9.17) is 0 Å². The molecule has 0 fully saturated rings. The summed E-state index contributed by atoms with van der Waals surface area (Å²) in [6.07, 6.45) is 3.63. The number of imidazole rings is 1. The molecule has 0 aliphatic heterocycles. The van der Waals surface area contributed by atoms with E-state index in [0.717, 1.165) is 0 Å². The van der Waals surface area contributed by atoms with Crippen LogP contribution in [-0.4, -0.2) is 25.0 Å². The number of rotatable bonds is 2. The number of H-pyrrole nitrogens is 1. The quantitative estimate of drug-likeness (QED) is 0.656. The van der Waals surface area contributed by atoms with Gasteiger partial charge in [-0.1, -0.05) is 6.08 Å². The molecule has 0 saturated carbocycles. The van der Waals surface area contributed by atoms with E-state index >= 15 is 0 Å². The van der Waals surface area contributed by atoms with Crippen molar-refractivity contribution < 1.29 is 5.11 Å². The van der Waals surface area contributed by atoms with Crippen LogP contribution in [-0.2, 0) is 0 Å². The molecular weight excluding hydrogens is 168 g/mol. The summed E-state index contributed by atoms with van der Waals surface area (Å²) in [4.78, 5) is 14.8. The predicted octanol–water partition coefficient (Wildman–Crippen LogP) is 0.572. The minimum absolute atomic E-state index is 0.326. The summed E-state index contributed by atoms with van der Waals surface area (Å²) in [5.41, 5.74) is 1.30. The number of hydrogen-bond acceptors (Lipinski definition) is 4. The second-order valence-electron chi connectivity index (χ2n) is 2.55. The van der Waals surface area contributed by atoms with Crippen LogP contribution in [0.25, 0.3) is 11.2 Å². The van der Waals surface area contributed by atoms with Gasteiger partial charge in [-0.25, -0.2) is 15.0 Å². The van der Waals surface area contributed by atoms with E-state index in [1.807, 2.05) is 0 Å². The van der Waals surface area contributed by atoms with Gasteiger partial charge in [-0.2, -0.15) is 0 Å². The Morgan fingerprint density at radius 1 is 1.54 bits per heavy atom. The Morgan fingerprint density at radius 3 is 3.15 bits per heavy atom. The third-order valence-corrected chi connectivity index (χ3v) is 1.68.